The van der Waals surface area contributed by atoms with Crippen LogP contribution in [-0.2, 0) is 0 Å². The lowest BCUT2D eigenvalue weighted by Crippen LogP contribution is -2.09. The average molecular weight is 371 g/mol. The van der Waals surface area contributed by atoms with Crippen molar-refractivity contribution < 1.29 is 4.79 Å². The van der Waals surface area contributed by atoms with Gasteiger partial charge in [-0.2, -0.15) is 5.26 Å². The molecule has 4 rings (SSSR count). The summed E-state index contributed by atoms with van der Waals surface area (Å²) in [7, 11) is 0. The van der Waals surface area contributed by atoms with E-state index in [2.05, 4.69) is 6.07 Å². The number of nitrogens with zero attached hydrogens (tertiary/aromatic N) is 2. The van der Waals surface area contributed by atoms with Gasteiger partial charge in [0.2, 0.25) is 0 Å². The van der Waals surface area contributed by atoms with Crippen LogP contribution in [0, 0.1) is 11.3 Å². The number of hydrogen-bond acceptors (Lipinski definition) is 3. The van der Waals surface area contributed by atoms with E-state index in [0.29, 0.717) is 26.0 Å². The van der Waals surface area contributed by atoms with Crippen molar-refractivity contribution in [3.05, 3.63) is 69.1 Å². The Morgan fingerprint density at radius 3 is 2.71 bits per heavy atom. The number of carbonyl (C=O) groups is 1. The molecular weight excluding hydrogens is 363 g/mol. The summed E-state index contributed by atoms with van der Waals surface area (Å²) in [6, 6.07) is 14.8. The predicted octanol–water partition coefficient (Wildman–Crippen LogP) is 5.72. The van der Waals surface area contributed by atoms with Gasteiger partial charge >= 0.3 is 0 Å². The summed E-state index contributed by atoms with van der Waals surface area (Å²) in [6.45, 7) is 0. The zero-order valence-electron chi connectivity index (χ0n) is 12.1. The number of fused-ring (bicyclic) bond motifs is 2. The Balaban J connectivity index is 1.94. The third-order valence-electron chi connectivity index (χ3n) is 3.84. The molecule has 0 amide bonds. The lowest BCUT2D eigenvalue weighted by molar-refractivity contribution is 0.0969. The van der Waals surface area contributed by atoms with Gasteiger partial charge in [-0.15, -0.1) is 11.3 Å². The Bertz CT molecular complexity index is 1170. The van der Waals surface area contributed by atoms with E-state index in [1.807, 2.05) is 30.3 Å². The zero-order valence-corrected chi connectivity index (χ0v) is 14.4. The minimum absolute atomic E-state index is 0.255. The number of hydrogen-bond donors (Lipinski definition) is 0. The number of aromatic nitrogens is 1. The molecule has 6 heteroatoms. The minimum Gasteiger partial charge on any atom is -0.281 e. The smallest absolute Gasteiger partial charge is 0.274 e. The highest BCUT2D eigenvalue weighted by Gasteiger charge is 2.21. The van der Waals surface area contributed by atoms with Gasteiger partial charge in [-0.3, -0.25) is 9.36 Å². The van der Waals surface area contributed by atoms with E-state index in [4.69, 9.17) is 23.2 Å². The molecule has 0 bridgehead atoms. The molecule has 24 heavy (non-hydrogen) atoms. The van der Waals surface area contributed by atoms with Gasteiger partial charge < -0.3 is 0 Å². The molecule has 116 valence electrons. The number of carbonyl (C=O) groups excluding carboxylic acids is 1. The Kier molecular flexibility index (Phi) is 3.58. The van der Waals surface area contributed by atoms with E-state index >= 15 is 0 Å². The van der Waals surface area contributed by atoms with Gasteiger partial charge in [0.1, 0.15) is 10.9 Å². The number of benzene rings is 2. The standard InChI is InChI=1S/C18H8Cl2N2OS/c19-11-5-6-13-15(7-11)24-17(16(13)20)18(23)22-9-10(8-21)12-3-1-2-4-14(12)22/h1-7,9H. The molecule has 4 aromatic rings. The largest absolute Gasteiger partial charge is 0.281 e. The molecule has 0 aliphatic heterocycles. The first-order valence-electron chi connectivity index (χ1n) is 7.02. The second-order valence-corrected chi connectivity index (χ2v) is 7.10. The molecule has 0 N–H and O–H groups in total. The van der Waals surface area contributed by atoms with E-state index in [-0.39, 0.29) is 5.91 Å². The van der Waals surface area contributed by atoms with Crippen molar-refractivity contribution in [1.82, 2.24) is 4.57 Å². The minimum atomic E-state index is -0.255. The SMILES string of the molecule is N#Cc1cn(C(=O)c2sc3cc(Cl)ccc3c2Cl)c2ccccc12. The van der Waals surface area contributed by atoms with Crippen LogP contribution in [-0.4, -0.2) is 10.5 Å². The Morgan fingerprint density at radius 1 is 1.12 bits per heavy atom. The van der Waals surface area contributed by atoms with Crippen LogP contribution in [0.3, 0.4) is 0 Å². The summed E-state index contributed by atoms with van der Waals surface area (Å²) < 4.78 is 2.33. The van der Waals surface area contributed by atoms with Crippen molar-refractivity contribution in [2.45, 2.75) is 0 Å². The normalized spacial score (nSPS) is 11.0. The summed E-state index contributed by atoms with van der Waals surface area (Å²) >= 11 is 13.7. The van der Waals surface area contributed by atoms with E-state index in [1.54, 1.807) is 18.3 Å². The van der Waals surface area contributed by atoms with Crippen LogP contribution in [0.2, 0.25) is 10.0 Å². The molecule has 0 saturated heterocycles. The first-order chi connectivity index (χ1) is 11.6. The van der Waals surface area contributed by atoms with Crippen LogP contribution < -0.4 is 0 Å². The van der Waals surface area contributed by atoms with Gasteiger partial charge in [-0.25, -0.2) is 0 Å². The van der Waals surface area contributed by atoms with E-state index in [1.165, 1.54) is 15.9 Å². The fourth-order valence-corrected chi connectivity index (χ4v) is 4.45. The molecule has 2 aromatic heterocycles. The van der Waals surface area contributed by atoms with Crippen molar-refractivity contribution in [2.24, 2.45) is 0 Å². The van der Waals surface area contributed by atoms with Crippen LogP contribution in [0.4, 0.5) is 0 Å². The predicted molar refractivity (Wildman–Crippen MR) is 98.2 cm³/mol. The summed E-state index contributed by atoms with van der Waals surface area (Å²) in [5, 5.41) is 11.8. The molecule has 0 spiro atoms. The third-order valence-corrected chi connectivity index (χ3v) is 5.72. The molecule has 0 unspecified atom stereocenters. The summed E-state index contributed by atoms with van der Waals surface area (Å²) in [6.07, 6.45) is 1.56. The van der Waals surface area contributed by atoms with Crippen molar-refractivity contribution in [3.8, 4) is 6.07 Å². The second kappa shape index (κ2) is 5.64. The van der Waals surface area contributed by atoms with Crippen LogP contribution in [0.15, 0.2) is 48.7 Å². The monoisotopic (exact) mass is 370 g/mol. The maximum Gasteiger partial charge on any atom is 0.274 e. The Morgan fingerprint density at radius 2 is 1.92 bits per heavy atom. The van der Waals surface area contributed by atoms with Crippen LogP contribution in [0.25, 0.3) is 21.0 Å². The van der Waals surface area contributed by atoms with Gasteiger partial charge in [0.05, 0.1) is 16.1 Å². The fourth-order valence-electron chi connectivity index (χ4n) is 2.72. The molecule has 2 heterocycles. The molecule has 0 saturated carbocycles. The van der Waals surface area contributed by atoms with Gasteiger partial charge in [0.15, 0.2) is 0 Å². The molecule has 0 aliphatic carbocycles. The number of rotatable bonds is 1. The Hall–Kier alpha value is -2.32. The third kappa shape index (κ3) is 2.22. The van der Waals surface area contributed by atoms with Crippen LogP contribution in [0.5, 0.6) is 0 Å². The van der Waals surface area contributed by atoms with Gasteiger partial charge in [0.25, 0.3) is 5.91 Å². The topological polar surface area (TPSA) is 45.8 Å². The van der Waals surface area contributed by atoms with Crippen LogP contribution in [0.1, 0.15) is 15.2 Å². The maximum absolute atomic E-state index is 13.0. The molecule has 0 radical (unpaired) electrons. The van der Waals surface area contributed by atoms with E-state index in [9.17, 15) is 10.1 Å². The van der Waals surface area contributed by atoms with Crippen molar-refractivity contribution in [3.63, 3.8) is 0 Å². The summed E-state index contributed by atoms with van der Waals surface area (Å²) in [5.74, 6) is -0.255. The molecular formula is C18H8Cl2N2OS. The molecule has 0 atom stereocenters. The average Bonchev–Trinajstić information content (AvgIpc) is 3.12. The van der Waals surface area contributed by atoms with Crippen molar-refractivity contribution >= 4 is 61.4 Å². The quantitative estimate of drug-likeness (QED) is 0.429. The number of para-hydroxylation sites is 1. The van der Waals surface area contributed by atoms with Crippen molar-refractivity contribution in [1.29, 1.82) is 5.26 Å². The van der Waals surface area contributed by atoms with Gasteiger partial charge in [0, 0.05) is 26.7 Å². The van der Waals surface area contributed by atoms with Crippen LogP contribution >= 0.6 is 34.5 Å². The molecule has 0 aliphatic rings. The van der Waals surface area contributed by atoms with Gasteiger partial charge in [-0.1, -0.05) is 47.5 Å². The van der Waals surface area contributed by atoms with Crippen molar-refractivity contribution in [2.75, 3.05) is 0 Å². The first-order valence-corrected chi connectivity index (χ1v) is 8.60. The first kappa shape index (κ1) is 15.2. The lowest BCUT2D eigenvalue weighted by atomic mass is 10.2. The van der Waals surface area contributed by atoms with E-state index in [0.717, 1.165) is 15.5 Å². The summed E-state index contributed by atoms with van der Waals surface area (Å²) in [5.41, 5.74) is 1.14. The summed E-state index contributed by atoms with van der Waals surface area (Å²) in [4.78, 5) is 13.4. The van der Waals surface area contributed by atoms with Gasteiger partial charge in [-0.05, 0) is 18.2 Å². The second-order valence-electron chi connectivity index (χ2n) is 5.23. The number of nitriles is 1. The highest BCUT2D eigenvalue weighted by Crippen LogP contribution is 2.37. The highest BCUT2D eigenvalue weighted by molar-refractivity contribution is 7.21. The molecule has 0 fully saturated rings. The van der Waals surface area contributed by atoms with E-state index < -0.39 is 0 Å². The maximum atomic E-state index is 13.0. The zero-order chi connectivity index (χ0) is 16.8. The Labute approximate surface area is 151 Å². The highest BCUT2D eigenvalue weighted by atomic mass is 35.5. The molecule has 3 nitrogen and oxygen atoms in total. The molecule has 2 aromatic carbocycles. The lowest BCUT2D eigenvalue weighted by Gasteiger charge is -2.02. The number of thiophene rings is 1. The fraction of sp³-hybridized carbons (Fsp3) is 0. The number of halogens is 2.